The topological polar surface area (TPSA) is 62.7 Å². The predicted molar refractivity (Wildman–Crippen MR) is 134 cm³/mol. The summed E-state index contributed by atoms with van der Waals surface area (Å²) in [6, 6.07) is 4.21. The molecule has 0 spiro atoms. The molecule has 4 rings (SSSR count). The molecule has 2 aliphatic rings. The highest BCUT2D eigenvalue weighted by Gasteiger charge is 2.32. The summed E-state index contributed by atoms with van der Waals surface area (Å²) in [7, 11) is 0. The van der Waals surface area contributed by atoms with E-state index in [-0.39, 0.29) is 22.8 Å². The van der Waals surface area contributed by atoms with E-state index in [1.165, 1.54) is 0 Å². The second kappa shape index (κ2) is 9.03. The molecule has 33 heavy (non-hydrogen) atoms. The summed E-state index contributed by atoms with van der Waals surface area (Å²) >= 11 is 1.71. The number of aromatic hydroxyl groups is 1. The Morgan fingerprint density at radius 2 is 1.67 bits per heavy atom. The lowest BCUT2D eigenvalue weighted by Crippen LogP contribution is -2.43. The summed E-state index contributed by atoms with van der Waals surface area (Å²) in [4.78, 5) is 19.7. The van der Waals surface area contributed by atoms with Crippen molar-refractivity contribution >= 4 is 17.2 Å². The molecule has 0 bridgehead atoms. The zero-order chi connectivity index (χ0) is 24.0. The molecule has 2 saturated heterocycles. The van der Waals surface area contributed by atoms with Gasteiger partial charge in [0.05, 0.1) is 10.7 Å². The van der Waals surface area contributed by atoms with Crippen LogP contribution >= 0.6 is 11.3 Å². The molecule has 1 atom stereocenters. The first kappa shape index (κ1) is 24.2. The van der Waals surface area contributed by atoms with Crippen LogP contribution in [0.3, 0.4) is 0 Å². The van der Waals surface area contributed by atoms with Crippen LogP contribution in [0.5, 0.6) is 5.75 Å². The van der Waals surface area contributed by atoms with Gasteiger partial charge in [-0.2, -0.15) is 0 Å². The molecule has 1 N–H and O–H groups in total. The van der Waals surface area contributed by atoms with Crippen LogP contribution in [0.1, 0.15) is 89.3 Å². The molecule has 1 aromatic heterocycles. The Morgan fingerprint density at radius 3 is 2.18 bits per heavy atom. The van der Waals surface area contributed by atoms with Crippen LogP contribution in [0.2, 0.25) is 0 Å². The summed E-state index contributed by atoms with van der Waals surface area (Å²) in [6.45, 7) is 15.1. The van der Waals surface area contributed by atoms with Crippen molar-refractivity contribution in [3.05, 3.63) is 33.6 Å². The number of ether oxygens (including phenoxy) is 1. The van der Waals surface area contributed by atoms with E-state index in [0.29, 0.717) is 18.3 Å². The first-order valence-electron chi connectivity index (χ1n) is 12.2. The third-order valence-electron chi connectivity index (χ3n) is 6.90. The number of thiazole rings is 1. The fourth-order valence-corrected chi connectivity index (χ4v) is 5.86. The van der Waals surface area contributed by atoms with Crippen molar-refractivity contribution in [3.63, 3.8) is 0 Å². The summed E-state index contributed by atoms with van der Waals surface area (Å²) in [5.74, 6) is 0.954. The molecule has 0 saturated carbocycles. The fraction of sp³-hybridized carbons (Fsp3) is 0.630. The van der Waals surface area contributed by atoms with Gasteiger partial charge in [-0.1, -0.05) is 41.5 Å². The van der Waals surface area contributed by atoms with Gasteiger partial charge in [-0.15, -0.1) is 11.3 Å². The van der Waals surface area contributed by atoms with E-state index in [4.69, 9.17) is 9.72 Å². The van der Waals surface area contributed by atoms with E-state index in [9.17, 15) is 9.90 Å². The lowest BCUT2D eigenvalue weighted by Gasteiger charge is -2.32. The molecule has 180 valence electrons. The lowest BCUT2D eigenvalue weighted by molar-refractivity contribution is -0.142. The van der Waals surface area contributed by atoms with Crippen LogP contribution < -0.4 is 0 Å². The molecule has 3 heterocycles. The number of likely N-dealkylation sites (tertiary alicyclic amines) is 1. The quantitative estimate of drug-likeness (QED) is 0.598. The highest BCUT2D eigenvalue weighted by Crippen LogP contribution is 2.42. The maximum atomic E-state index is 12.7. The van der Waals surface area contributed by atoms with Crippen LogP contribution in [0.4, 0.5) is 0 Å². The number of carbonyl (C=O) groups excluding carboxylic acids is 1. The van der Waals surface area contributed by atoms with E-state index >= 15 is 0 Å². The first-order valence-corrected chi connectivity index (χ1v) is 13.1. The number of phenols is 1. The van der Waals surface area contributed by atoms with Gasteiger partial charge in [-0.05, 0) is 48.6 Å². The molecule has 2 aromatic rings. The van der Waals surface area contributed by atoms with Gasteiger partial charge in [0, 0.05) is 47.7 Å². The number of aromatic nitrogens is 1. The van der Waals surface area contributed by atoms with Crippen molar-refractivity contribution in [2.75, 3.05) is 19.7 Å². The second-order valence-electron chi connectivity index (χ2n) is 11.6. The zero-order valence-electron chi connectivity index (χ0n) is 20.9. The first-order chi connectivity index (χ1) is 15.4. The van der Waals surface area contributed by atoms with Crippen molar-refractivity contribution in [1.82, 2.24) is 9.88 Å². The van der Waals surface area contributed by atoms with Gasteiger partial charge in [-0.25, -0.2) is 4.98 Å². The molecule has 0 radical (unpaired) electrons. The Hall–Kier alpha value is -1.92. The standard InChI is InChI=1S/C27H38N2O3S/c1-26(2,3)19-14-18(15-20(23(19)30)27(4,5)6)21-16-33-24(28-21)17-9-11-29(12-10-17)25(31)22-8-7-13-32-22/h14-17,22,30H,7-13H2,1-6H3. The summed E-state index contributed by atoms with van der Waals surface area (Å²) in [6.07, 6.45) is 3.51. The molecule has 2 fully saturated rings. The van der Waals surface area contributed by atoms with Gasteiger partial charge in [-0.3, -0.25) is 4.79 Å². The highest BCUT2D eigenvalue weighted by atomic mass is 32.1. The van der Waals surface area contributed by atoms with Gasteiger partial charge >= 0.3 is 0 Å². The molecular weight excluding hydrogens is 432 g/mol. The van der Waals surface area contributed by atoms with Gasteiger partial charge in [0.25, 0.3) is 5.91 Å². The van der Waals surface area contributed by atoms with E-state index in [1.807, 2.05) is 4.90 Å². The Kier molecular flexibility index (Phi) is 6.62. The molecule has 2 aliphatic heterocycles. The molecule has 5 nitrogen and oxygen atoms in total. The number of rotatable bonds is 3. The SMILES string of the molecule is CC(C)(C)c1cc(-c2csc(C3CCN(C(=O)C4CCCO4)CC3)n2)cc(C(C)(C)C)c1O. The van der Waals surface area contributed by atoms with Gasteiger partial charge in [0.15, 0.2) is 0 Å². The normalized spacial score (nSPS) is 20.4. The third-order valence-corrected chi connectivity index (χ3v) is 7.91. The van der Waals surface area contributed by atoms with Crippen molar-refractivity contribution in [2.24, 2.45) is 0 Å². The van der Waals surface area contributed by atoms with Crippen molar-refractivity contribution in [1.29, 1.82) is 0 Å². The lowest BCUT2D eigenvalue weighted by atomic mass is 9.78. The summed E-state index contributed by atoms with van der Waals surface area (Å²) in [5, 5.41) is 14.3. The average Bonchev–Trinajstić information content (AvgIpc) is 3.44. The molecular formula is C27H38N2O3S. The smallest absolute Gasteiger partial charge is 0.251 e. The molecule has 6 heteroatoms. The van der Waals surface area contributed by atoms with Crippen LogP contribution in [-0.2, 0) is 20.4 Å². The zero-order valence-corrected chi connectivity index (χ0v) is 21.7. The molecule has 0 aliphatic carbocycles. The minimum atomic E-state index is -0.225. The maximum Gasteiger partial charge on any atom is 0.251 e. The number of hydrogen-bond donors (Lipinski definition) is 1. The molecule has 1 aromatic carbocycles. The third kappa shape index (κ3) is 5.12. The van der Waals surface area contributed by atoms with Crippen LogP contribution in [0, 0.1) is 0 Å². The number of carbonyl (C=O) groups is 1. The number of hydrogen-bond acceptors (Lipinski definition) is 5. The summed E-state index contributed by atoms with van der Waals surface area (Å²) < 4.78 is 5.59. The van der Waals surface area contributed by atoms with Crippen molar-refractivity contribution in [2.45, 2.75) is 90.1 Å². The van der Waals surface area contributed by atoms with E-state index in [0.717, 1.165) is 66.2 Å². The number of piperidine rings is 1. The summed E-state index contributed by atoms with van der Waals surface area (Å²) in [5.41, 5.74) is 3.63. The fourth-order valence-electron chi connectivity index (χ4n) is 4.86. The van der Waals surface area contributed by atoms with E-state index in [1.54, 1.807) is 11.3 Å². The van der Waals surface area contributed by atoms with E-state index < -0.39 is 0 Å². The predicted octanol–water partition coefficient (Wildman–Crippen LogP) is 6.00. The minimum Gasteiger partial charge on any atom is -0.507 e. The minimum absolute atomic E-state index is 0.165. The molecule has 1 unspecified atom stereocenters. The van der Waals surface area contributed by atoms with Crippen LogP contribution in [-0.4, -0.2) is 46.7 Å². The second-order valence-corrected chi connectivity index (χ2v) is 12.5. The molecule has 1 amide bonds. The number of amides is 1. The number of nitrogens with zero attached hydrogens (tertiary/aromatic N) is 2. The Bertz CT molecular complexity index is 966. The Morgan fingerprint density at radius 1 is 1.06 bits per heavy atom. The Balaban J connectivity index is 1.53. The number of phenolic OH excluding ortho intramolecular Hbond substituents is 1. The highest BCUT2D eigenvalue weighted by molar-refractivity contribution is 7.10. The number of benzene rings is 1. The van der Waals surface area contributed by atoms with Crippen molar-refractivity contribution in [3.8, 4) is 17.0 Å². The van der Waals surface area contributed by atoms with Crippen molar-refractivity contribution < 1.29 is 14.6 Å². The monoisotopic (exact) mass is 470 g/mol. The largest absolute Gasteiger partial charge is 0.507 e. The van der Waals surface area contributed by atoms with Gasteiger partial charge in [0.2, 0.25) is 0 Å². The Labute approximate surface area is 202 Å². The average molecular weight is 471 g/mol. The van der Waals surface area contributed by atoms with Gasteiger partial charge < -0.3 is 14.7 Å². The van der Waals surface area contributed by atoms with Crippen LogP contribution in [0.15, 0.2) is 17.5 Å². The van der Waals surface area contributed by atoms with Crippen LogP contribution in [0.25, 0.3) is 11.3 Å². The maximum absolute atomic E-state index is 12.7. The van der Waals surface area contributed by atoms with Gasteiger partial charge in [0.1, 0.15) is 11.9 Å². The van der Waals surface area contributed by atoms with E-state index in [2.05, 4.69) is 59.1 Å².